The smallest absolute Gasteiger partial charge is 0.247 e. The summed E-state index contributed by atoms with van der Waals surface area (Å²) >= 11 is 0. The molecule has 1 aliphatic rings. The summed E-state index contributed by atoms with van der Waals surface area (Å²) in [6.45, 7) is 2.29. The van der Waals surface area contributed by atoms with Crippen molar-refractivity contribution in [2.24, 2.45) is 0 Å². The second-order valence-corrected chi connectivity index (χ2v) is 4.50. The Morgan fingerprint density at radius 3 is 2.88 bits per heavy atom. The molecule has 0 aromatic carbocycles. The van der Waals surface area contributed by atoms with Gasteiger partial charge in [0.25, 0.3) is 0 Å². The lowest BCUT2D eigenvalue weighted by molar-refractivity contribution is -0.139. The van der Waals surface area contributed by atoms with E-state index in [4.69, 9.17) is 5.11 Å². The van der Waals surface area contributed by atoms with Gasteiger partial charge in [-0.15, -0.1) is 0 Å². The van der Waals surface area contributed by atoms with Crippen LogP contribution in [0.5, 0.6) is 0 Å². The fraction of sp³-hybridized carbons (Fsp3) is 0.667. The van der Waals surface area contributed by atoms with Crippen molar-refractivity contribution in [3.05, 3.63) is 18.5 Å². The Morgan fingerprint density at radius 1 is 1.65 bits per heavy atom. The fourth-order valence-electron chi connectivity index (χ4n) is 2.14. The number of carbonyl (C=O) groups excluding carboxylic acids is 1. The summed E-state index contributed by atoms with van der Waals surface area (Å²) in [4.78, 5) is 14.1. The van der Waals surface area contributed by atoms with Crippen molar-refractivity contribution in [2.75, 3.05) is 13.2 Å². The first-order valence-electron chi connectivity index (χ1n) is 6.14. The van der Waals surface area contributed by atoms with Crippen molar-refractivity contribution in [3.63, 3.8) is 0 Å². The molecule has 5 nitrogen and oxygen atoms in total. The minimum Gasteiger partial charge on any atom is -0.395 e. The van der Waals surface area contributed by atoms with Crippen molar-refractivity contribution < 1.29 is 9.90 Å². The van der Waals surface area contributed by atoms with Crippen molar-refractivity contribution in [3.8, 4) is 0 Å². The van der Waals surface area contributed by atoms with Gasteiger partial charge in [-0.05, 0) is 32.3 Å². The quantitative estimate of drug-likeness (QED) is 0.824. The van der Waals surface area contributed by atoms with E-state index in [1.54, 1.807) is 22.0 Å². The van der Waals surface area contributed by atoms with Gasteiger partial charge in [0.1, 0.15) is 6.04 Å². The largest absolute Gasteiger partial charge is 0.395 e. The van der Waals surface area contributed by atoms with Gasteiger partial charge in [-0.25, -0.2) is 0 Å². The molecule has 0 radical (unpaired) electrons. The van der Waals surface area contributed by atoms with Crippen molar-refractivity contribution in [1.82, 2.24) is 14.7 Å². The van der Waals surface area contributed by atoms with Crippen LogP contribution in [0, 0.1) is 0 Å². The van der Waals surface area contributed by atoms with E-state index >= 15 is 0 Å². The lowest BCUT2D eigenvalue weighted by Crippen LogP contribution is -2.48. The van der Waals surface area contributed by atoms with Crippen LogP contribution in [-0.4, -0.2) is 44.9 Å². The maximum atomic E-state index is 12.3. The second kappa shape index (κ2) is 5.31. The van der Waals surface area contributed by atoms with Gasteiger partial charge in [0.05, 0.1) is 6.61 Å². The van der Waals surface area contributed by atoms with Crippen LogP contribution in [0.3, 0.4) is 0 Å². The summed E-state index contributed by atoms with van der Waals surface area (Å²) in [5.74, 6) is 0.0486. The highest BCUT2D eigenvalue weighted by molar-refractivity contribution is 5.80. The molecule has 0 spiro atoms. The van der Waals surface area contributed by atoms with Crippen LogP contribution in [-0.2, 0) is 4.79 Å². The molecule has 1 saturated carbocycles. The van der Waals surface area contributed by atoms with E-state index in [1.807, 2.05) is 13.0 Å². The SMILES string of the molecule is CC(C(=O)N(CCO)C1CCC1)n1cccn1. The number of amides is 1. The number of rotatable bonds is 5. The van der Waals surface area contributed by atoms with Gasteiger partial charge in [0.15, 0.2) is 0 Å². The molecule has 1 atom stereocenters. The fourth-order valence-corrected chi connectivity index (χ4v) is 2.14. The van der Waals surface area contributed by atoms with Crippen LogP contribution >= 0.6 is 0 Å². The van der Waals surface area contributed by atoms with Crippen LogP contribution in [0.2, 0.25) is 0 Å². The molecule has 0 saturated heterocycles. The Bertz CT molecular complexity index is 360. The van der Waals surface area contributed by atoms with Crippen LogP contribution < -0.4 is 0 Å². The summed E-state index contributed by atoms with van der Waals surface area (Å²) in [5, 5.41) is 13.1. The molecule has 1 aliphatic carbocycles. The molecule has 1 unspecified atom stereocenters. The molecule has 5 heteroatoms. The van der Waals surface area contributed by atoms with E-state index in [1.165, 1.54) is 6.42 Å². The molecule has 1 fully saturated rings. The third-order valence-corrected chi connectivity index (χ3v) is 3.42. The molecule has 0 bridgehead atoms. The molecule has 1 aromatic rings. The number of hydrogen-bond donors (Lipinski definition) is 1. The summed E-state index contributed by atoms with van der Waals surface area (Å²) in [7, 11) is 0. The molecule has 17 heavy (non-hydrogen) atoms. The molecule has 1 N–H and O–H groups in total. The normalized spacial score (nSPS) is 17.5. The predicted octanol–water partition coefficient (Wildman–Crippen LogP) is 0.817. The standard InChI is InChI=1S/C12H19N3O2/c1-10(15-7-3-6-13-15)12(17)14(8-9-16)11-4-2-5-11/h3,6-7,10-11,16H,2,4-5,8-9H2,1H3. The van der Waals surface area contributed by atoms with E-state index < -0.39 is 0 Å². The first-order valence-corrected chi connectivity index (χ1v) is 6.14. The number of aromatic nitrogens is 2. The Labute approximate surface area is 101 Å². The van der Waals surface area contributed by atoms with Crippen LogP contribution in [0.25, 0.3) is 0 Å². The third kappa shape index (κ3) is 2.49. The molecule has 94 valence electrons. The molecular weight excluding hydrogens is 218 g/mol. The Balaban J connectivity index is 2.04. The highest BCUT2D eigenvalue weighted by Crippen LogP contribution is 2.26. The Hall–Kier alpha value is -1.36. The van der Waals surface area contributed by atoms with Crippen molar-refractivity contribution >= 4 is 5.91 Å². The Morgan fingerprint density at radius 2 is 2.41 bits per heavy atom. The number of carbonyl (C=O) groups is 1. The molecule has 1 aromatic heterocycles. The zero-order valence-corrected chi connectivity index (χ0v) is 10.1. The van der Waals surface area contributed by atoms with Crippen LogP contribution in [0.1, 0.15) is 32.2 Å². The number of nitrogens with zero attached hydrogens (tertiary/aromatic N) is 3. The summed E-state index contributed by atoms with van der Waals surface area (Å²) < 4.78 is 1.66. The molecule has 1 heterocycles. The topological polar surface area (TPSA) is 58.4 Å². The van der Waals surface area contributed by atoms with Gasteiger partial charge < -0.3 is 10.0 Å². The average molecular weight is 237 g/mol. The molecule has 2 rings (SSSR count). The van der Waals surface area contributed by atoms with Gasteiger partial charge in [-0.2, -0.15) is 5.10 Å². The van der Waals surface area contributed by atoms with E-state index in [0.29, 0.717) is 12.6 Å². The van der Waals surface area contributed by atoms with Crippen molar-refractivity contribution in [1.29, 1.82) is 0 Å². The molecule has 0 aliphatic heterocycles. The van der Waals surface area contributed by atoms with E-state index in [2.05, 4.69) is 5.10 Å². The first kappa shape index (κ1) is 12.1. The number of aliphatic hydroxyl groups is 1. The maximum absolute atomic E-state index is 12.3. The minimum atomic E-state index is -0.294. The second-order valence-electron chi connectivity index (χ2n) is 4.50. The monoisotopic (exact) mass is 237 g/mol. The summed E-state index contributed by atoms with van der Waals surface area (Å²) in [6, 6.07) is 1.83. The van der Waals surface area contributed by atoms with Gasteiger partial charge in [0, 0.05) is 25.0 Å². The first-order chi connectivity index (χ1) is 8.24. The Kier molecular flexibility index (Phi) is 3.78. The lowest BCUT2D eigenvalue weighted by atomic mass is 9.91. The third-order valence-electron chi connectivity index (χ3n) is 3.42. The highest BCUT2D eigenvalue weighted by atomic mass is 16.3. The molecule has 1 amide bonds. The minimum absolute atomic E-state index is 0.0219. The van der Waals surface area contributed by atoms with E-state index in [-0.39, 0.29) is 18.6 Å². The van der Waals surface area contributed by atoms with Crippen LogP contribution in [0.15, 0.2) is 18.5 Å². The van der Waals surface area contributed by atoms with Gasteiger partial charge in [-0.1, -0.05) is 0 Å². The summed E-state index contributed by atoms with van der Waals surface area (Å²) in [6.07, 6.45) is 6.75. The summed E-state index contributed by atoms with van der Waals surface area (Å²) in [5.41, 5.74) is 0. The zero-order valence-electron chi connectivity index (χ0n) is 10.1. The predicted molar refractivity (Wildman–Crippen MR) is 63.4 cm³/mol. The lowest BCUT2D eigenvalue weighted by Gasteiger charge is -2.38. The van der Waals surface area contributed by atoms with E-state index in [0.717, 1.165) is 12.8 Å². The maximum Gasteiger partial charge on any atom is 0.247 e. The van der Waals surface area contributed by atoms with Crippen LogP contribution in [0.4, 0.5) is 0 Å². The number of hydrogen-bond acceptors (Lipinski definition) is 3. The van der Waals surface area contributed by atoms with Gasteiger partial charge >= 0.3 is 0 Å². The molecular formula is C12H19N3O2. The van der Waals surface area contributed by atoms with Crippen molar-refractivity contribution in [2.45, 2.75) is 38.3 Å². The van der Waals surface area contributed by atoms with E-state index in [9.17, 15) is 4.79 Å². The van der Waals surface area contributed by atoms with Gasteiger partial charge in [-0.3, -0.25) is 9.48 Å². The zero-order chi connectivity index (χ0) is 12.3. The average Bonchev–Trinajstić information content (AvgIpc) is 2.77. The highest BCUT2D eigenvalue weighted by Gasteiger charge is 2.31. The number of aliphatic hydroxyl groups excluding tert-OH is 1. The van der Waals surface area contributed by atoms with Gasteiger partial charge in [0.2, 0.25) is 5.91 Å².